The Kier molecular flexibility index (Phi) is 5.51. The Labute approximate surface area is 178 Å². The van der Waals surface area contributed by atoms with E-state index in [1.54, 1.807) is 29.2 Å². The van der Waals surface area contributed by atoms with Crippen molar-refractivity contribution in [3.63, 3.8) is 0 Å². The molecule has 1 aromatic carbocycles. The summed E-state index contributed by atoms with van der Waals surface area (Å²) in [4.78, 5) is 37.3. The molecule has 1 saturated heterocycles. The molecule has 12 heteroatoms. The summed E-state index contributed by atoms with van der Waals surface area (Å²) >= 11 is 0. The lowest BCUT2D eigenvalue weighted by molar-refractivity contribution is -0.143. The van der Waals surface area contributed by atoms with Gasteiger partial charge in [-0.25, -0.2) is 9.78 Å². The Morgan fingerprint density at radius 3 is 2.66 bits per heavy atom. The monoisotopic (exact) mass is 446 g/mol. The zero-order chi connectivity index (χ0) is 22.9. The van der Waals surface area contributed by atoms with Crippen molar-refractivity contribution in [2.24, 2.45) is 0 Å². The fraction of sp³-hybridized carbons (Fsp3) is 0.250. The largest absolute Gasteiger partial charge is 0.434 e. The summed E-state index contributed by atoms with van der Waals surface area (Å²) in [6, 6.07) is 8.95. The zero-order valence-corrected chi connectivity index (χ0v) is 16.5. The third-order valence-corrected chi connectivity index (χ3v) is 4.91. The molecular formula is C20H17F3N6O3. The predicted molar refractivity (Wildman–Crippen MR) is 106 cm³/mol. The van der Waals surface area contributed by atoms with Gasteiger partial charge in [-0.1, -0.05) is 12.1 Å². The number of amides is 2. The maximum atomic E-state index is 13.7. The number of rotatable bonds is 5. The highest BCUT2D eigenvalue weighted by molar-refractivity contribution is 5.96. The van der Waals surface area contributed by atoms with Crippen molar-refractivity contribution < 1.29 is 22.8 Å². The van der Waals surface area contributed by atoms with Crippen LogP contribution in [-0.4, -0.2) is 38.3 Å². The number of carbonyl (C=O) groups excluding carboxylic acids is 2. The van der Waals surface area contributed by atoms with Crippen molar-refractivity contribution in [3.8, 4) is 5.82 Å². The first kappa shape index (κ1) is 21.3. The molecule has 9 nitrogen and oxygen atoms in total. The molecule has 0 atom stereocenters. The van der Waals surface area contributed by atoms with Crippen molar-refractivity contribution in [2.75, 3.05) is 11.4 Å². The van der Waals surface area contributed by atoms with Gasteiger partial charge in [0.2, 0.25) is 5.91 Å². The van der Waals surface area contributed by atoms with Crippen molar-refractivity contribution in [1.82, 2.24) is 25.3 Å². The highest BCUT2D eigenvalue weighted by Gasteiger charge is 2.41. The second kappa shape index (κ2) is 8.29. The molecule has 1 aliphatic heterocycles. The Hall–Kier alpha value is -3.96. The number of aromatic nitrogens is 4. The van der Waals surface area contributed by atoms with Crippen LogP contribution < -0.4 is 15.8 Å². The van der Waals surface area contributed by atoms with Crippen LogP contribution in [0.25, 0.3) is 5.82 Å². The number of nitrogens with zero attached hydrogens (tertiary/aromatic N) is 4. The highest BCUT2D eigenvalue weighted by atomic mass is 19.4. The number of aromatic amines is 1. The molecule has 1 fully saturated rings. The fourth-order valence-electron chi connectivity index (χ4n) is 3.45. The molecule has 0 spiro atoms. The number of hydrogen-bond acceptors (Lipinski definition) is 5. The van der Waals surface area contributed by atoms with Crippen molar-refractivity contribution in [3.05, 3.63) is 69.8 Å². The predicted octanol–water partition coefficient (Wildman–Crippen LogP) is 2.03. The topological polar surface area (TPSA) is 113 Å². The van der Waals surface area contributed by atoms with E-state index in [0.29, 0.717) is 28.9 Å². The first-order valence-electron chi connectivity index (χ1n) is 9.63. The quantitative estimate of drug-likeness (QED) is 0.623. The molecule has 0 saturated carbocycles. The Morgan fingerprint density at radius 2 is 2.00 bits per heavy atom. The minimum absolute atomic E-state index is 0.00397. The summed E-state index contributed by atoms with van der Waals surface area (Å²) in [5.41, 5.74) is -1.29. The smallest absolute Gasteiger partial charge is 0.348 e. The first-order valence-corrected chi connectivity index (χ1v) is 9.63. The van der Waals surface area contributed by atoms with Crippen molar-refractivity contribution in [1.29, 1.82) is 0 Å². The second-order valence-corrected chi connectivity index (χ2v) is 7.10. The minimum Gasteiger partial charge on any atom is -0.348 e. The summed E-state index contributed by atoms with van der Waals surface area (Å²) in [5.74, 6) is -1.26. The number of H-pyrrole nitrogens is 1. The molecule has 3 aromatic rings. The van der Waals surface area contributed by atoms with Crippen LogP contribution in [0.1, 0.15) is 34.5 Å². The number of halogens is 3. The van der Waals surface area contributed by atoms with E-state index in [9.17, 15) is 27.6 Å². The minimum atomic E-state index is -4.91. The van der Waals surface area contributed by atoms with E-state index in [0.717, 1.165) is 24.8 Å². The highest BCUT2D eigenvalue weighted by Crippen LogP contribution is 2.33. The molecule has 0 radical (unpaired) electrons. The van der Waals surface area contributed by atoms with E-state index < -0.39 is 28.9 Å². The van der Waals surface area contributed by atoms with E-state index in [-0.39, 0.29) is 18.3 Å². The SMILES string of the molecule is O=C(NCc1cccc(N2CCCC2=O)c1)c1cnn(-c2ccc(=O)[nH]n2)c1C(F)(F)F. The van der Waals surface area contributed by atoms with Gasteiger partial charge in [0.25, 0.3) is 11.5 Å². The Bertz CT molecular complexity index is 1210. The normalized spacial score (nSPS) is 14.1. The number of alkyl halides is 3. The standard InChI is InChI=1S/C20H17F3N6O3/c21-20(22,23)18-14(11-25-29(18)15-6-7-16(30)27-26-15)19(32)24-10-12-3-1-4-13(9-12)28-8-2-5-17(28)31/h1,3-4,6-7,9,11H,2,5,8,10H2,(H,24,32)(H,27,30). The second-order valence-electron chi connectivity index (χ2n) is 7.10. The number of hydrogen-bond donors (Lipinski definition) is 2. The van der Waals surface area contributed by atoms with Gasteiger partial charge in [-0.15, -0.1) is 0 Å². The maximum Gasteiger partial charge on any atom is 0.434 e. The third-order valence-electron chi connectivity index (χ3n) is 4.91. The summed E-state index contributed by atoms with van der Waals surface area (Å²) in [6.07, 6.45) is -2.88. The molecule has 1 aliphatic rings. The van der Waals surface area contributed by atoms with E-state index in [1.165, 1.54) is 0 Å². The molecular weight excluding hydrogens is 429 g/mol. The van der Waals surface area contributed by atoms with Gasteiger partial charge in [-0.2, -0.15) is 23.4 Å². The number of anilines is 1. The first-order chi connectivity index (χ1) is 15.2. The summed E-state index contributed by atoms with van der Waals surface area (Å²) in [7, 11) is 0. The molecule has 2 N–H and O–H groups in total. The molecule has 0 aliphatic carbocycles. The summed E-state index contributed by atoms with van der Waals surface area (Å²) < 4.78 is 41.6. The average Bonchev–Trinajstić information content (AvgIpc) is 3.39. The van der Waals surface area contributed by atoms with Crippen LogP contribution in [0.5, 0.6) is 0 Å². The Balaban J connectivity index is 1.56. The van der Waals surface area contributed by atoms with Gasteiger partial charge in [-0.3, -0.25) is 14.4 Å². The molecule has 166 valence electrons. The lowest BCUT2D eigenvalue weighted by atomic mass is 10.1. The molecule has 0 unspecified atom stereocenters. The van der Waals surface area contributed by atoms with Crippen LogP contribution in [-0.2, 0) is 17.5 Å². The van der Waals surface area contributed by atoms with Crippen LogP contribution >= 0.6 is 0 Å². The van der Waals surface area contributed by atoms with Crippen molar-refractivity contribution in [2.45, 2.75) is 25.6 Å². The van der Waals surface area contributed by atoms with Crippen LogP contribution in [0.4, 0.5) is 18.9 Å². The third kappa shape index (κ3) is 4.24. The van der Waals surface area contributed by atoms with E-state index >= 15 is 0 Å². The van der Waals surface area contributed by atoms with Crippen molar-refractivity contribution >= 4 is 17.5 Å². The van der Waals surface area contributed by atoms with Crippen LogP contribution in [0.2, 0.25) is 0 Å². The van der Waals surface area contributed by atoms with Gasteiger partial charge in [0, 0.05) is 31.3 Å². The lowest BCUT2D eigenvalue weighted by Crippen LogP contribution is -2.27. The number of nitrogens with one attached hydrogen (secondary N) is 2. The Morgan fingerprint density at radius 1 is 1.19 bits per heavy atom. The van der Waals surface area contributed by atoms with E-state index in [4.69, 9.17) is 0 Å². The average molecular weight is 446 g/mol. The van der Waals surface area contributed by atoms with Gasteiger partial charge in [-0.05, 0) is 30.2 Å². The maximum absolute atomic E-state index is 13.7. The summed E-state index contributed by atoms with van der Waals surface area (Å²) in [6.45, 7) is 0.551. The van der Waals surface area contributed by atoms with Crippen LogP contribution in [0.15, 0.2) is 47.4 Å². The number of benzene rings is 1. The molecule has 32 heavy (non-hydrogen) atoms. The van der Waals surface area contributed by atoms with Gasteiger partial charge in [0.1, 0.15) is 0 Å². The van der Waals surface area contributed by atoms with E-state index in [1.807, 2.05) is 5.10 Å². The van der Waals surface area contributed by atoms with Gasteiger partial charge in [0.15, 0.2) is 11.5 Å². The molecule has 3 heterocycles. The van der Waals surface area contributed by atoms with Gasteiger partial charge >= 0.3 is 6.18 Å². The van der Waals surface area contributed by atoms with Crippen LogP contribution in [0, 0.1) is 0 Å². The van der Waals surface area contributed by atoms with E-state index in [2.05, 4.69) is 15.5 Å². The lowest BCUT2D eigenvalue weighted by Gasteiger charge is -2.17. The molecule has 2 aromatic heterocycles. The fourth-order valence-corrected chi connectivity index (χ4v) is 3.45. The van der Waals surface area contributed by atoms with Gasteiger partial charge in [0.05, 0.1) is 11.8 Å². The van der Waals surface area contributed by atoms with Gasteiger partial charge < -0.3 is 10.2 Å². The zero-order valence-electron chi connectivity index (χ0n) is 16.5. The summed E-state index contributed by atoms with van der Waals surface area (Å²) in [5, 5.41) is 11.7. The molecule has 2 amide bonds. The molecule has 0 bridgehead atoms. The van der Waals surface area contributed by atoms with Crippen LogP contribution in [0.3, 0.4) is 0 Å². The number of carbonyl (C=O) groups is 2. The molecule has 4 rings (SSSR count).